The van der Waals surface area contributed by atoms with Gasteiger partial charge in [0.25, 0.3) is 0 Å². The molecular weight excluding hydrogens is 320 g/mol. The van der Waals surface area contributed by atoms with Gasteiger partial charge in [0.15, 0.2) is 0 Å². The lowest BCUT2D eigenvalue weighted by molar-refractivity contribution is -0.384. The van der Waals surface area contributed by atoms with Crippen molar-refractivity contribution < 1.29 is 9.66 Å². The van der Waals surface area contributed by atoms with E-state index in [1.807, 2.05) is 23.1 Å². The van der Waals surface area contributed by atoms with Gasteiger partial charge in [0, 0.05) is 38.4 Å². The third-order valence-corrected chi connectivity index (χ3v) is 4.91. The van der Waals surface area contributed by atoms with Crippen molar-refractivity contribution in [2.75, 3.05) is 31.1 Å². The van der Waals surface area contributed by atoms with Gasteiger partial charge < -0.3 is 9.64 Å². The van der Waals surface area contributed by atoms with Crippen LogP contribution in [-0.2, 0) is 11.3 Å². The summed E-state index contributed by atoms with van der Waals surface area (Å²) < 4.78 is 5.94. The molecule has 3 heterocycles. The second-order valence-electron chi connectivity index (χ2n) is 6.44. The number of aromatic nitrogens is 1. The number of hydrogen-bond donors (Lipinski definition) is 0. The minimum Gasteiger partial charge on any atom is -0.373 e. The Kier molecular flexibility index (Phi) is 4.33. The van der Waals surface area contributed by atoms with Crippen LogP contribution in [0.1, 0.15) is 5.56 Å². The first-order valence-corrected chi connectivity index (χ1v) is 8.46. The van der Waals surface area contributed by atoms with Crippen molar-refractivity contribution in [1.29, 1.82) is 0 Å². The molecule has 0 spiro atoms. The summed E-state index contributed by atoms with van der Waals surface area (Å²) in [7, 11) is 0. The van der Waals surface area contributed by atoms with Crippen LogP contribution < -0.4 is 4.90 Å². The highest BCUT2D eigenvalue weighted by atomic mass is 16.6. The number of pyridine rings is 1. The highest BCUT2D eigenvalue weighted by molar-refractivity contribution is 5.58. The first kappa shape index (κ1) is 16.0. The number of hydrogen-bond acceptors (Lipinski definition) is 6. The van der Waals surface area contributed by atoms with Crippen LogP contribution in [-0.4, -0.2) is 53.2 Å². The van der Waals surface area contributed by atoms with Crippen molar-refractivity contribution in [2.45, 2.75) is 18.7 Å². The Morgan fingerprint density at radius 3 is 2.84 bits per heavy atom. The van der Waals surface area contributed by atoms with Gasteiger partial charge in [-0.1, -0.05) is 30.3 Å². The van der Waals surface area contributed by atoms with E-state index in [4.69, 9.17) is 4.74 Å². The molecule has 2 aliphatic rings. The van der Waals surface area contributed by atoms with Crippen LogP contribution in [0.2, 0.25) is 0 Å². The molecule has 7 heteroatoms. The van der Waals surface area contributed by atoms with Gasteiger partial charge in [-0.2, -0.15) is 0 Å². The zero-order chi connectivity index (χ0) is 17.2. The number of benzene rings is 1. The van der Waals surface area contributed by atoms with Gasteiger partial charge in [0.1, 0.15) is 0 Å². The van der Waals surface area contributed by atoms with E-state index < -0.39 is 0 Å². The molecule has 0 unspecified atom stereocenters. The van der Waals surface area contributed by atoms with Crippen molar-refractivity contribution in [3.05, 3.63) is 64.3 Å². The van der Waals surface area contributed by atoms with E-state index in [1.54, 1.807) is 12.3 Å². The Labute approximate surface area is 146 Å². The molecule has 0 bridgehead atoms. The topological polar surface area (TPSA) is 71.7 Å². The van der Waals surface area contributed by atoms with Crippen LogP contribution in [0.4, 0.5) is 11.5 Å². The summed E-state index contributed by atoms with van der Waals surface area (Å²) in [5, 5.41) is 11.3. The van der Waals surface area contributed by atoms with Gasteiger partial charge >= 0.3 is 5.69 Å². The van der Waals surface area contributed by atoms with Gasteiger partial charge in [0.05, 0.1) is 23.7 Å². The SMILES string of the molecule is O=[N+]([O-])c1cccnc1N1C[C@@H]2[C@@H](C1)OCCN2Cc1ccccc1. The number of morpholine rings is 1. The molecule has 2 saturated heterocycles. The maximum Gasteiger partial charge on any atom is 0.311 e. The van der Waals surface area contributed by atoms with Crippen molar-refractivity contribution in [3.8, 4) is 0 Å². The molecule has 130 valence electrons. The fourth-order valence-electron chi connectivity index (χ4n) is 3.72. The smallest absolute Gasteiger partial charge is 0.311 e. The Morgan fingerprint density at radius 1 is 1.20 bits per heavy atom. The molecule has 25 heavy (non-hydrogen) atoms. The lowest BCUT2D eigenvalue weighted by Gasteiger charge is -2.36. The molecule has 0 amide bonds. The van der Waals surface area contributed by atoms with Crippen molar-refractivity contribution in [1.82, 2.24) is 9.88 Å². The lowest BCUT2D eigenvalue weighted by Crippen LogP contribution is -2.50. The largest absolute Gasteiger partial charge is 0.373 e. The average Bonchev–Trinajstić information content (AvgIpc) is 3.08. The second-order valence-corrected chi connectivity index (χ2v) is 6.44. The molecule has 1 aromatic carbocycles. The van der Waals surface area contributed by atoms with Crippen molar-refractivity contribution >= 4 is 11.5 Å². The minimum absolute atomic E-state index is 0.0516. The van der Waals surface area contributed by atoms with Gasteiger partial charge in [-0.25, -0.2) is 4.98 Å². The molecule has 0 aliphatic carbocycles. The molecular formula is C18H20N4O3. The predicted molar refractivity (Wildman–Crippen MR) is 93.5 cm³/mol. The summed E-state index contributed by atoms with van der Waals surface area (Å²) in [6.45, 7) is 3.74. The van der Waals surface area contributed by atoms with Gasteiger partial charge in [-0.3, -0.25) is 15.0 Å². The molecule has 1 aromatic heterocycles. The molecule has 7 nitrogen and oxygen atoms in total. The third kappa shape index (κ3) is 3.20. The molecule has 2 aliphatic heterocycles. The van der Waals surface area contributed by atoms with Crippen molar-refractivity contribution in [2.24, 2.45) is 0 Å². The average molecular weight is 340 g/mol. The standard InChI is InChI=1S/C18H20N4O3/c23-22(24)15-7-4-8-19-18(15)21-12-16-17(13-21)25-10-9-20(16)11-14-5-2-1-3-6-14/h1-8,16-17H,9-13H2/t16-,17-/m1/s1. The van der Waals surface area contributed by atoms with Gasteiger partial charge in [0.2, 0.25) is 5.82 Å². The van der Waals surface area contributed by atoms with Crippen LogP contribution in [0, 0.1) is 10.1 Å². The Bertz CT molecular complexity index is 755. The first-order chi connectivity index (χ1) is 12.2. The molecule has 2 aromatic rings. The number of nitro groups is 1. The maximum absolute atomic E-state index is 11.3. The van der Waals surface area contributed by atoms with Gasteiger partial charge in [-0.05, 0) is 11.6 Å². The van der Waals surface area contributed by atoms with Crippen LogP contribution in [0.5, 0.6) is 0 Å². The van der Waals surface area contributed by atoms with E-state index in [2.05, 4.69) is 22.0 Å². The van der Waals surface area contributed by atoms with Crippen molar-refractivity contribution in [3.63, 3.8) is 0 Å². The minimum atomic E-state index is -0.368. The van der Waals surface area contributed by atoms with Crippen LogP contribution in [0.3, 0.4) is 0 Å². The summed E-state index contributed by atoms with van der Waals surface area (Å²) in [5.74, 6) is 0.435. The molecule has 2 fully saturated rings. The third-order valence-electron chi connectivity index (χ3n) is 4.91. The monoisotopic (exact) mass is 340 g/mol. The summed E-state index contributed by atoms with van der Waals surface area (Å²) in [5.41, 5.74) is 1.32. The van der Waals surface area contributed by atoms with E-state index in [0.717, 1.165) is 13.1 Å². The number of rotatable bonds is 4. The quantitative estimate of drug-likeness (QED) is 0.627. The Balaban J connectivity index is 1.54. The van der Waals surface area contributed by atoms with Crippen LogP contribution in [0.15, 0.2) is 48.7 Å². The molecule has 0 N–H and O–H groups in total. The molecule has 4 rings (SSSR count). The maximum atomic E-state index is 11.3. The summed E-state index contributed by atoms with van der Waals surface area (Å²) in [6.07, 6.45) is 1.66. The normalized spacial score (nSPS) is 23.4. The zero-order valence-electron chi connectivity index (χ0n) is 13.8. The van der Waals surface area contributed by atoms with E-state index >= 15 is 0 Å². The molecule has 2 atom stereocenters. The summed E-state index contributed by atoms with van der Waals surface area (Å²) in [6, 6.07) is 13.7. The fourth-order valence-corrected chi connectivity index (χ4v) is 3.72. The van der Waals surface area contributed by atoms with E-state index in [0.29, 0.717) is 25.5 Å². The van der Waals surface area contributed by atoms with E-state index in [-0.39, 0.29) is 22.8 Å². The Hall–Kier alpha value is -2.51. The number of fused-ring (bicyclic) bond motifs is 1. The molecule has 0 saturated carbocycles. The lowest BCUT2D eigenvalue weighted by atomic mass is 10.1. The number of ether oxygens (including phenoxy) is 1. The highest BCUT2D eigenvalue weighted by Gasteiger charge is 2.42. The Morgan fingerprint density at radius 2 is 2.04 bits per heavy atom. The van der Waals surface area contributed by atoms with Gasteiger partial charge in [-0.15, -0.1) is 0 Å². The summed E-state index contributed by atoms with van der Waals surface area (Å²) >= 11 is 0. The number of nitrogens with zero attached hydrogens (tertiary/aromatic N) is 4. The number of anilines is 1. The van der Waals surface area contributed by atoms with Crippen LogP contribution >= 0.6 is 0 Å². The summed E-state index contributed by atoms with van der Waals surface area (Å²) in [4.78, 5) is 19.6. The van der Waals surface area contributed by atoms with Crippen LogP contribution in [0.25, 0.3) is 0 Å². The first-order valence-electron chi connectivity index (χ1n) is 8.46. The van der Waals surface area contributed by atoms with E-state index in [1.165, 1.54) is 11.6 Å². The molecule has 0 radical (unpaired) electrons. The zero-order valence-corrected chi connectivity index (χ0v) is 13.8. The predicted octanol–water partition coefficient (Wildman–Crippen LogP) is 2.08. The highest BCUT2D eigenvalue weighted by Crippen LogP contribution is 2.32. The second kappa shape index (κ2) is 6.78. The fraction of sp³-hybridized carbons (Fsp3) is 0.389. The van der Waals surface area contributed by atoms with E-state index in [9.17, 15) is 10.1 Å².